The van der Waals surface area contributed by atoms with E-state index in [-0.39, 0.29) is 22.0 Å². The van der Waals surface area contributed by atoms with E-state index < -0.39 is 11.4 Å². The van der Waals surface area contributed by atoms with Crippen LogP contribution in [0.4, 0.5) is 0 Å². The second kappa shape index (κ2) is 6.45. The normalized spacial score (nSPS) is 24.0. The summed E-state index contributed by atoms with van der Waals surface area (Å²) in [5, 5.41) is 3.44. The quantitative estimate of drug-likeness (QED) is 0.651. The lowest BCUT2D eigenvalue weighted by Crippen LogP contribution is -2.48. The Kier molecular flexibility index (Phi) is 4.82. The number of benzene rings is 1. The topological polar surface area (TPSA) is 64.2 Å². The van der Waals surface area contributed by atoms with Crippen molar-refractivity contribution >= 4 is 17.1 Å². The van der Waals surface area contributed by atoms with Crippen LogP contribution in [0.2, 0.25) is 0 Å². The van der Waals surface area contributed by atoms with Crippen molar-refractivity contribution in [3.8, 4) is 0 Å². The molecule has 1 aliphatic heterocycles. The van der Waals surface area contributed by atoms with E-state index in [1.54, 1.807) is 6.92 Å². The Labute approximate surface area is 148 Å². The molecule has 1 aromatic rings. The van der Waals surface area contributed by atoms with Crippen LogP contribution in [0.25, 0.3) is 0 Å². The molecule has 1 unspecified atom stereocenters. The average molecular weight is 349 g/mol. The van der Waals surface area contributed by atoms with Gasteiger partial charge in [0.05, 0.1) is 6.04 Å². The number of piperidine rings is 1. The third-order valence-corrected chi connectivity index (χ3v) is 6.96. The van der Waals surface area contributed by atoms with Crippen molar-refractivity contribution in [2.75, 3.05) is 13.1 Å². The van der Waals surface area contributed by atoms with Crippen LogP contribution < -0.4 is 10.0 Å². The maximum Gasteiger partial charge on any atom is 0.159 e. The first kappa shape index (κ1) is 17.9. The summed E-state index contributed by atoms with van der Waals surface area (Å²) in [6.45, 7) is 9.57. The molecule has 1 heterocycles. The molecule has 24 heavy (non-hydrogen) atoms. The minimum Gasteiger partial charge on any atom is -0.598 e. The lowest BCUT2D eigenvalue weighted by molar-refractivity contribution is 0.101. The minimum absolute atomic E-state index is 0.0500. The lowest BCUT2D eigenvalue weighted by Gasteiger charge is -2.40. The van der Waals surface area contributed by atoms with Crippen molar-refractivity contribution in [2.45, 2.75) is 57.7 Å². The maximum atomic E-state index is 12.8. The summed E-state index contributed by atoms with van der Waals surface area (Å²) in [5.41, 5.74) is 3.31. The van der Waals surface area contributed by atoms with Crippen LogP contribution in [0, 0.1) is 5.41 Å². The molecule has 0 aromatic heterocycles. The van der Waals surface area contributed by atoms with Gasteiger partial charge in [0.1, 0.15) is 4.75 Å². The standard InChI is InChI=1S/C19H28N2O2S/c1-13(22)14-5-6-15-12-19(7-9-20-10-8-19)17(16(15)11-14)21-24(23)18(2,3)4/h5-6,11,17,20-21H,7-10,12H2,1-4H3/t17-,24?/m1/s1. The van der Waals surface area contributed by atoms with Crippen molar-refractivity contribution in [1.29, 1.82) is 0 Å². The largest absolute Gasteiger partial charge is 0.598 e. The molecule has 3 rings (SSSR count). The SMILES string of the molecule is CC(=O)c1ccc2c(c1)[C@@H](N[S+]([O-])C(C)(C)C)C1(CCNCC1)C2. The van der Waals surface area contributed by atoms with Gasteiger partial charge in [0.15, 0.2) is 5.78 Å². The number of carbonyl (C=O) groups is 1. The Morgan fingerprint density at radius 2 is 2.00 bits per heavy atom. The van der Waals surface area contributed by atoms with Gasteiger partial charge in [-0.3, -0.25) is 4.79 Å². The fourth-order valence-electron chi connectivity index (χ4n) is 3.92. The first-order valence-electron chi connectivity index (χ1n) is 8.75. The highest BCUT2D eigenvalue weighted by atomic mass is 32.2. The molecule has 0 bridgehead atoms. The molecule has 5 heteroatoms. The van der Waals surface area contributed by atoms with Gasteiger partial charge >= 0.3 is 0 Å². The molecule has 1 saturated heterocycles. The third kappa shape index (κ3) is 3.27. The highest BCUT2D eigenvalue weighted by Gasteiger charge is 2.49. The smallest absolute Gasteiger partial charge is 0.159 e. The number of ketones is 1. The van der Waals surface area contributed by atoms with Crippen LogP contribution in [0.1, 0.15) is 68.1 Å². The molecule has 0 saturated carbocycles. The summed E-state index contributed by atoms with van der Waals surface area (Å²) in [5.74, 6) is 0.0831. The maximum absolute atomic E-state index is 12.8. The highest BCUT2D eigenvalue weighted by Crippen LogP contribution is 2.51. The minimum atomic E-state index is -1.13. The lowest BCUT2D eigenvalue weighted by atomic mass is 9.73. The first-order valence-corrected chi connectivity index (χ1v) is 9.90. The predicted molar refractivity (Wildman–Crippen MR) is 98.5 cm³/mol. The van der Waals surface area contributed by atoms with Crippen molar-refractivity contribution in [3.05, 3.63) is 34.9 Å². The van der Waals surface area contributed by atoms with Gasteiger partial charge in [-0.1, -0.05) is 12.1 Å². The molecular weight excluding hydrogens is 320 g/mol. The van der Waals surface area contributed by atoms with E-state index in [1.165, 1.54) is 11.1 Å². The van der Waals surface area contributed by atoms with Crippen LogP contribution >= 0.6 is 0 Å². The van der Waals surface area contributed by atoms with Gasteiger partial charge in [0.2, 0.25) is 0 Å². The van der Waals surface area contributed by atoms with Crippen LogP contribution in [0.15, 0.2) is 18.2 Å². The highest BCUT2D eigenvalue weighted by molar-refractivity contribution is 7.90. The molecular formula is C19H28N2O2S. The van der Waals surface area contributed by atoms with Gasteiger partial charge in [0, 0.05) is 22.3 Å². The van der Waals surface area contributed by atoms with E-state index >= 15 is 0 Å². The molecule has 2 aliphatic rings. The molecule has 0 amide bonds. The van der Waals surface area contributed by atoms with Gasteiger partial charge in [0.25, 0.3) is 0 Å². The number of hydrogen-bond acceptors (Lipinski definition) is 4. The number of carbonyl (C=O) groups excluding carboxylic acids is 1. The molecule has 4 nitrogen and oxygen atoms in total. The Morgan fingerprint density at radius 1 is 1.33 bits per heavy atom. The Morgan fingerprint density at radius 3 is 2.58 bits per heavy atom. The molecule has 1 aliphatic carbocycles. The summed E-state index contributed by atoms with van der Waals surface area (Å²) >= 11 is -1.13. The Balaban J connectivity index is 1.99. The third-order valence-electron chi connectivity index (χ3n) is 5.40. The number of rotatable bonds is 3. The fourth-order valence-corrected chi connectivity index (χ4v) is 4.86. The fraction of sp³-hybridized carbons (Fsp3) is 0.632. The molecule has 1 aromatic carbocycles. The van der Waals surface area contributed by atoms with Gasteiger partial charge in [-0.2, -0.15) is 0 Å². The molecule has 1 spiro atoms. The van der Waals surface area contributed by atoms with E-state index in [0.717, 1.165) is 37.9 Å². The van der Waals surface area contributed by atoms with Crippen LogP contribution in [-0.4, -0.2) is 28.2 Å². The van der Waals surface area contributed by atoms with Crippen molar-refractivity contribution in [2.24, 2.45) is 5.41 Å². The Bertz CT molecular complexity index is 633. The summed E-state index contributed by atoms with van der Waals surface area (Å²) in [7, 11) is 0. The van der Waals surface area contributed by atoms with E-state index in [9.17, 15) is 9.35 Å². The zero-order valence-corrected chi connectivity index (χ0v) is 15.9. The monoisotopic (exact) mass is 348 g/mol. The number of Topliss-reactive ketones (excluding diaryl/α,β-unsaturated/α-hetero) is 1. The molecule has 2 N–H and O–H groups in total. The van der Waals surface area contributed by atoms with E-state index in [0.29, 0.717) is 0 Å². The molecule has 0 radical (unpaired) electrons. The van der Waals surface area contributed by atoms with Gasteiger partial charge in [-0.05, 0) is 77.2 Å². The Hall–Kier alpha value is -0.880. The number of hydrogen-bond donors (Lipinski definition) is 2. The van der Waals surface area contributed by atoms with E-state index in [2.05, 4.69) is 16.1 Å². The average Bonchev–Trinajstić information content (AvgIpc) is 2.79. The van der Waals surface area contributed by atoms with Crippen LogP contribution in [0.3, 0.4) is 0 Å². The first-order chi connectivity index (χ1) is 11.2. The predicted octanol–water partition coefficient (Wildman–Crippen LogP) is 2.91. The number of fused-ring (bicyclic) bond motifs is 1. The van der Waals surface area contributed by atoms with E-state index in [1.807, 2.05) is 32.9 Å². The summed E-state index contributed by atoms with van der Waals surface area (Å²) < 4.78 is 15.9. The molecule has 1 fully saturated rings. The second-order valence-electron chi connectivity index (χ2n) is 8.19. The second-order valence-corrected chi connectivity index (χ2v) is 10.2. The number of nitrogens with one attached hydrogen (secondary N) is 2. The summed E-state index contributed by atoms with van der Waals surface area (Å²) in [6.07, 6.45) is 3.13. The van der Waals surface area contributed by atoms with Crippen LogP contribution in [0.5, 0.6) is 0 Å². The summed E-state index contributed by atoms with van der Waals surface area (Å²) in [4.78, 5) is 11.8. The van der Waals surface area contributed by atoms with Gasteiger partial charge in [-0.25, -0.2) is 0 Å². The van der Waals surface area contributed by atoms with Gasteiger partial charge < -0.3 is 9.87 Å². The summed E-state index contributed by atoms with van der Waals surface area (Å²) in [6, 6.07) is 6.09. The van der Waals surface area contributed by atoms with E-state index in [4.69, 9.17) is 0 Å². The van der Waals surface area contributed by atoms with Gasteiger partial charge in [-0.15, -0.1) is 4.72 Å². The van der Waals surface area contributed by atoms with Crippen molar-refractivity contribution in [1.82, 2.24) is 10.0 Å². The zero-order chi connectivity index (χ0) is 17.5. The zero-order valence-electron chi connectivity index (χ0n) is 15.1. The van der Waals surface area contributed by atoms with Crippen molar-refractivity contribution in [3.63, 3.8) is 0 Å². The molecule has 132 valence electrons. The van der Waals surface area contributed by atoms with Crippen molar-refractivity contribution < 1.29 is 9.35 Å². The van der Waals surface area contributed by atoms with Crippen LogP contribution in [-0.2, 0) is 17.8 Å². The molecule has 2 atom stereocenters.